The number of fused-ring (bicyclic) bond motifs is 4. The number of nitrogens with zero attached hydrogens (tertiary/aromatic N) is 2. The fourth-order valence-electron chi connectivity index (χ4n) is 5.42. The Kier molecular flexibility index (Phi) is 6.07. The zero-order valence-electron chi connectivity index (χ0n) is 21.1. The largest absolute Gasteiger partial charge is 0.505 e. The number of halogens is 1. The molecule has 0 aliphatic carbocycles. The minimum Gasteiger partial charge on any atom is -0.505 e. The molecule has 0 bridgehead atoms. The Morgan fingerprint density at radius 1 is 1.11 bits per heavy atom. The highest BCUT2D eigenvalue weighted by molar-refractivity contribution is 7.99. The highest BCUT2D eigenvalue weighted by Gasteiger charge is 2.38. The first-order valence-electron chi connectivity index (χ1n) is 12.6. The van der Waals surface area contributed by atoms with Gasteiger partial charge in [-0.15, -0.1) is 0 Å². The van der Waals surface area contributed by atoms with E-state index in [4.69, 9.17) is 9.15 Å². The van der Waals surface area contributed by atoms with Crippen LogP contribution in [0.1, 0.15) is 37.9 Å². The van der Waals surface area contributed by atoms with Crippen molar-refractivity contribution in [3.05, 3.63) is 86.4 Å². The number of aromatic nitrogens is 1. The minimum atomic E-state index is -0.796. The maximum atomic E-state index is 13.8. The van der Waals surface area contributed by atoms with Crippen LogP contribution in [-0.2, 0) is 5.41 Å². The zero-order chi connectivity index (χ0) is 26.6. The molecule has 6 rings (SSSR count). The SMILES string of the molecule is CC1(C)c2cc(OCCN3CCCC3)ccc2-n2c1cc1oc(=O)c(Sc3cccc(F)c3)c(O)c1c2=O. The van der Waals surface area contributed by atoms with Crippen molar-refractivity contribution >= 4 is 22.7 Å². The van der Waals surface area contributed by atoms with Crippen LogP contribution in [0, 0.1) is 5.82 Å². The van der Waals surface area contributed by atoms with Gasteiger partial charge in [-0.05, 0) is 67.9 Å². The normalized spacial score (nSPS) is 16.1. The van der Waals surface area contributed by atoms with E-state index in [9.17, 15) is 19.1 Å². The standard InChI is InChI=1S/C29H27FN2O5S/c1-29(2)20-15-18(36-13-12-31-10-3-4-11-31)8-9-21(20)32-23(29)16-22-24(27(32)34)25(33)26(28(35)37-22)38-19-7-5-6-17(30)14-19/h5-9,14-16,33H,3-4,10-13H2,1-2H3. The van der Waals surface area contributed by atoms with Gasteiger partial charge in [-0.3, -0.25) is 14.3 Å². The maximum Gasteiger partial charge on any atom is 0.354 e. The molecule has 1 N–H and O–H groups in total. The Hall–Kier alpha value is -3.56. The number of hydrogen-bond donors (Lipinski definition) is 1. The molecule has 2 aliphatic heterocycles. The lowest BCUT2D eigenvalue weighted by atomic mass is 9.83. The predicted molar refractivity (Wildman–Crippen MR) is 144 cm³/mol. The van der Waals surface area contributed by atoms with Crippen LogP contribution < -0.4 is 15.9 Å². The summed E-state index contributed by atoms with van der Waals surface area (Å²) in [6.45, 7) is 7.67. The molecule has 4 heterocycles. The molecule has 2 aromatic carbocycles. The quantitative estimate of drug-likeness (QED) is 0.370. The fraction of sp³-hybridized carbons (Fsp3) is 0.310. The Balaban J connectivity index is 1.40. The first kappa shape index (κ1) is 24.8. The van der Waals surface area contributed by atoms with E-state index in [1.54, 1.807) is 16.7 Å². The smallest absolute Gasteiger partial charge is 0.354 e. The van der Waals surface area contributed by atoms with E-state index in [2.05, 4.69) is 4.90 Å². The van der Waals surface area contributed by atoms with Crippen molar-refractivity contribution < 1.29 is 18.7 Å². The number of aromatic hydroxyl groups is 1. The summed E-state index contributed by atoms with van der Waals surface area (Å²) < 4.78 is 26.8. The summed E-state index contributed by atoms with van der Waals surface area (Å²) in [6.07, 6.45) is 2.46. The summed E-state index contributed by atoms with van der Waals surface area (Å²) in [5, 5.41) is 11.0. The van der Waals surface area contributed by atoms with E-state index in [-0.39, 0.29) is 15.9 Å². The molecule has 0 unspecified atom stereocenters. The van der Waals surface area contributed by atoms with E-state index in [0.717, 1.165) is 42.7 Å². The van der Waals surface area contributed by atoms with Crippen LogP contribution in [-0.4, -0.2) is 40.8 Å². The number of rotatable bonds is 6. The lowest BCUT2D eigenvalue weighted by Crippen LogP contribution is -2.25. The Bertz CT molecular complexity index is 1690. The molecule has 1 fully saturated rings. The van der Waals surface area contributed by atoms with Gasteiger partial charge in [-0.2, -0.15) is 0 Å². The Morgan fingerprint density at radius 2 is 1.89 bits per heavy atom. The Labute approximate surface area is 222 Å². The molecule has 0 atom stereocenters. The molecule has 0 spiro atoms. The molecule has 0 radical (unpaired) electrons. The van der Waals surface area contributed by atoms with Gasteiger partial charge >= 0.3 is 5.63 Å². The first-order chi connectivity index (χ1) is 18.2. The molecule has 2 aromatic heterocycles. The van der Waals surface area contributed by atoms with Crippen LogP contribution in [0.25, 0.3) is 16.7 Å². The number of hydrogen-bond acceptors (Lipinski definition) is 7. The van der Waals surface area contributed by atoms with E-state index in [1.165, 1.54) is 31.0 Å². The average molecular weight is 535 g/mol. The van der Waals surface area contributed by atoms with Gasteiger partial charge in [0.25, 0.3) is 5.56 Å². The minimum absolute atomic E-state index is 0.00955. The second-order valence-electron chi connectivity index (χ2n) is 10.2. The van der Waals surface area contributed by atoms with Crippen molar-refractivity contribution in [3.8, 4) is 17.2 Å². The molecule has 0 amide bonds. The van der Waals surface area contributed by atoms with Crippen LogP contribution in [0.15, 0.2) is 72.3 Å². The van der Waals surface area contributed by atoms with Gasteiger partial charge in [-0.25, -0.2) is 9.18 Å². The lowest BCUT2D eigenvalue weighted by Gasteiger charge is -2.21. The third-order valence-electron chi connectivity index (χ3n) is 7.43. The van der Waals surface area contributed by atoms with Crippen molar-refractivity contribution in [2.24, 2.45) is 0 Å². The molecular formula is C29H27FN2O5S. The highest BCUT2D eigenvalue weighted by Crippen LogP contribution is 2.45. The molecule has 196 valence electrons. The summed E-state index contributed by atoms with van der Waals surface area (Å²) in [6, 6.07) is 12.9. The first-order valence-corrected chi connectivity index (χ1v) is 13.5. The van der Waals surface area contributed by atoms with Crippen molar-refractivity contribution in [2.75, 3.05) is 26.2 Å². The third kappa shape index (κ3) is 4.10. The van der Waals surface area contributed by atoms with Crippen LogP contribution in [0.2, 0.25) is 0 Å². The molecule has 38 heavy (non-hydrogen) atoms. The summed E-state index contributed by atoms with van der Waals surface area (Å²) in [4.78, 5) is 29.2. The van der Waals surface area contributed by atoms with E-state index in [0.29, 0.717) is 22.9 Å². The molecule has 4 aromatic rings. The van der Waals surface area contributed by atoms with Crippen molar-refractivity contribution in [1.82, 2.24) is 9.47 Å². The van der Waals surface area contributed by atoms with Gasteiger partial charge in [0, 0.05) is 28.6 Å². The van der Waals surface area contributed by atoms with Crippen LogP contribution in [0.3, 0.4) is 0 Å². The topological polar surface area (TPSA) is 84.9 Å². The highest BCUT2D eigenvalue weighted by atomic mass is 32.2. The maximum absolute atomic E-state index is 13.8. The van der Waals surface area contributed by atoms with Crippen molar-refractivity contribution in [2.45, 2.75) is 41.9 Å². The van der Waals surface area contributed by atoms with Gasteiger partial charge in [0.15, 0.2) is 5.75 Å². The number of ether oxygens (including phenoxy) is 1. The summed E-state index contributed by atoms with van der Waals surface area (Å²) >= 11 is 0.851. The molecule has 0 saturated carbocycles. The van der Waals surface area contributed by atoms with E-state index >= 15 is 0 Å². The van der Waals surface area contributed by atoms with Gasteiger partial charge in [0.05, 0.1) is 5.69 Å². The molecule has 1 saturated heterocycles. The third-order valence-corrected chi connectivity index (χ3v) is 8.48. The second kappa shape index (κ2) is 9.32. The monoisotopic (exact) mass is 534 g/mol. The fourth-order valence-corrected chi connectivity index (χ4v) is 6.29. The molecule has 9 heteroatoms. The second-order valence-corrected chi connectivity index (χ2v) is 11.3. The van der Waals surface area contributed by atoms with E-state index in [1.807, 2.05) is 32.0 Å². The summed E-state index contributed by atoms with van der Waals surface area (Å²) in [7, 11) is 0. The lowest BCUT2D eigenvalue weighted by molar-refractivity contribution is 0.237. The van der Waals surface area contributed by atoms with Crippen LogP contribution in [0.5, 0.6) is 11.5 Å². The average Bonchev–Trinajstić information content (AvgIpc) is 3.47. The van der Waals surface area contributed by atoms with Gasteiger partial charge in [0.1, 0.15) is 34.0 Å². The molecular weight excluding hydrogens is 507 g/mol. The van der Waals surface area contributed by atoms with Crippen molar-refractivity contribution in [1.29, 1.82) is 0 Å². The Morgan fingerprint density at radius 3 is 2.66 bits per heavy atom. The van der Waals surface area contributed by atoms with Crippen molar-refractivity contribution in [3.63, 3.8) is 0 Å². The van der Waals surface area contributed by atoms with E-state index < -0.39 is 28.2 Å². The molecule has 2 aliphatic rings. The summed E-state index contributed by atoms with van der Waals surface area (Å²) in [5.41, 5.74) is 0.376. The van der Waals surface area contributed by atoms with Gasteiger partial charge < -0.3 is 14.3 Å². The van der Waals surface area contributed by atoms with Crippen LogP contribution >= 0.6 is 11.8 Å². The zero-order valence-corrected chi connectivity index (χ0v) is 21.9. The molecule has 7 nitrogen and oxygen atoms in total. The number of pyridine rings is 1. The number of likely N-dealkylation sites (tertiary alicyclic amines) is 1. The van der Waals surface area contributed by atoms with Gasteiger partial charge in [0.2, 0.25) is 0 Å². The summed E-state index contributed by atoms with van der Waals surface area (Å²) in [5.74, 6) is -0.223. The predicted octanol–water partition coefficient (Wildman–Crippen LogP) is 5.05. The van der Waals surface area contributed by atoms with Crippen LogP contribution in [0.4, 0.5) is 4.39 Å². The number of benzene rings is 2. The van der Waals surface area contributed by atoms with Gasteiger partial charge in [-0.1, -0.05) is 31.7 Å².